The summed E-state index contributed by atoms with van der Waals surface area (Å²) in [7, 11) is 0. The molecule has 5 heteroatoms. The Morgan fingerprint density at radius 3 is 2.65 bits per heavy atom. The first-order valence-electron chi connectivity index (χ1n) is 7.62. The van der Waals surface area contributed by atoms with Crippen molar-refractivity contribution in [3.05, 3.63) is 54.1 Å². The molecular formula is C18H19N3O2. The minimum Gasteiger partial charge on any atom is -0.365 e. The number of benzene rings is 2. The molecule has 2 amide bonds. The van der Waals surface area contributed by atoms with Crippen LogP contribution in [0.25, 0.3) is 0 Å². The largest absolute Gasteiger partial charge is 0.365 e. The molecule has 1 aliphatic rings. The Labute approximate surface area is 135 Å². The number of amides is 2. The summed E-state index contributed by atoms with van der Waals surface area (Å²) < 4.78 is 0. The van der Waals surface area contributed by atoms with Gasteiger partial charge < -0.3 is 15.5 Å². The third-order valence-electron chi connectivity index (χ3n) is 3.78. The van der Waals surface area contributed by atoms with Crippen LogP contribution in [0.1, 0.15) is 18.9 Å². The van der Waals surface area contributed by atoms with Crippen molar-refractivity contribution in [1.82, 2.24) is 0 Å². The molecule has 0 bridgehead atoms. The third-order valence-corrected chi connectivity index (χ3v) is 3.78. The van der Waals surface area contributed by atoms with Gasteiger partial charge in [-0.3, -0.25) is 9.59 Å². The van der Waals surface area contributed by atoms with Crippen molar-refractivity contribution in [3.63, 3.8) is 0 Å². The number of rotatable bonds is 3. The number of nitrogens with zero attached hydrogens (tertiary/aromatic N) is 1. The summed E-state index contributed by atoms with van der Waals surface area (Å²) in [4.78, 5) is 25.1. The third kappa shape index (κ3) is 3.69. The van der Waals surface area contributed by atoms with E-state index in [2.05, 4.69) is 15.5 Å². The normalized spacial score (nSPS) is 13.8. The molecule has 2 aromatic rings. The van der Waals surface area contributed by atoms with Gasteiger partial charge >= 0.3 is 0 Å². The predicted molar refractivity (Wildman–Crippen MR) is 91.5 cm³/mol. The fourth-order valence-corrected chi connectivity index (χ4v) is 2.71. The molecule has 0 atom stereocenters. The quantitative estimate of drug-likeness (QED) is 0.916. The summed E-state index contributed by atoms with van der Waals surface area (Å²) in [5.74, 6) is -0.0373. The van der Waals surface area contributed by atoms with Crippen LogP contribution in [0.4, 0.5) is 17.1 Å². The zero-order valence-electron chi connectivity index (χ0n) is 13.0. The monoisotopic (exact) mass is 309 g/mol. The van der Waals surface area contributed by atoms with Gasteiger partial charge in [0.05, 0.1) is 11.4 Å². The van der Waals surface area contributed by atoms with Gasteiger partial charge in [-0.2, -0.15) is 0 Å². The maximum atomic E-state index is 11.8. The Morgan fingerprint density at radius 1 is 1.17 bits per heavy atom. The van der Waals surface area contributed by atoms with Crippen LogP contribution in [-0.4, -0.2) is 18.4 Å². The van der Waals surface area contributed by atoms with Crippen LogP contribution in [0.5, 0.6) is 0 Å². The van der Waals surface area contributed by atoms with E-state index in [1.54, 1.807) is 0 Å². The van der Waals surface area contributed by atoms with Gasteiger partial charge in [0.1, 0.15) is 0 Å². The summed E-state index contributed by atoms with van der Waals surface area (Å²) in [6, 6.07) is 15.6. The van der Waals surface area contributed by atoms with Crippen molar-refractivity contribution in [3.8, 4) is 0 Å². The summed E-state index contributed by atoms with van der Waals surface area (Å²) in [5.41, 5.74) is 3.80. The molecule has 0 aliphatic carbocycles. The van der Waals surface area contributed by atoms with Crippen LogP contribution >= 0.6 is 0 Å². The van der Waals surface area contributed by atoms with Gasteiger partial charge in [0.2, 0.25) is 11.8 Å². The molecule has 5 nitrogen and oxygen atoms in total. The smallest absolute Gasteiger partial charge is 0.226 e. The van der Waals surface area contributed by atoms with Crippen molar-refractivity contribution >= 4 is 28.9 Å². The first kappa shape index (κ1) is 15.1. The highest BCUT2D eigenvalue weighted by Crippen LogP contribution is 2.29. The molecule has 3 rings (SSSR count). The molecule has 118 valence electrons. The van der Waals surface area contributed by atoms with Gasteiger partial charge in [0, 0.05) is 32.1 Å². The van der Waals surface area contributed by atoms with E-state index >= 15 is 0 Å². The molecule has 0 radical (unpaired) electrons. The van der Waals surface area contributed by atoms with E-state index in [4.69, 9.17) is 0 Å². The van der Waals surface area contributed by atoms with Gasteiger partial charge in [-0.1, -0.05) is 24.3 Å². The molecule has 0 aromatic heterocycles. The van der Waals surface area contributed by atoms with Gasteiger partial charge in [0.25, 0.3) is 0 Å². The molecule has 0 unspecified atom stereocenters. The SMILES string of the molecule is CC(=O)Nc1ccc(CN2CCC(=O)Nc3ccccc32)cc1. The Kier molecular flexibility index (Phi) is 4.28. The second-order valence-electron chi connectivity index (χ2n) is 5.61. The van der Waals surface area contributed by atoms with Gasteiger partial charge in [-0.15, -0.1) is 0 Å². The van der Waals surface area contributed by atoms with Crippen molar-refractivity contribution in [1.29, 1.82) is 0 Å². The zero-order chi connectivity index (χ0) is 16.2. The zero-order valence-corrected chi connectivity index (χ0v) is 13.0. The Morgan fingerprint density at radius 2 is 1.91 bits per heavy atom. The van der Waals surface area contributed by atoms with Crippen molar-refractivity contribution in [2.75, 3.05) is 22.1 Å². The minimum atomic E-state index is -0.0798. The van der Waals surface area contributed by atoms with E-state index in [0.29, 0.717) is 19.5 Å². The summed E-state index contributed by atoms with van der Waals surface area (Å²) in [6.07, 6.45) is 0.471. The highest BCUT2D eigenvalue weighted by Gasteiger charge is 2.18. The van der Waals surface area contributed by atoms with E-state index in [-0.39, 0.29) is 11.8 Å². The van der Waals surface area contributed by atoms with E-state index in [1.165, 1.54) is 6.92 Å². The van der Waals surface area contributed by atoms with Crippen LogP contribution in [0.3, 0.4) is 0 Å². The van der Waals surface area contributed by atoms with E-state index in [9.17, 15) is 9.59 Å². The fraction of sp³-hybridized carbons (Fsp3) is 0.222. The van der Waals surface area contributed by atoms with Crippen LogP contribution in [0.15, 0.2) is 48.5 Å². The number of anilines is 3. The fourth-order valence-electron chi connectivity index (χ4n) is 2.71. The Balaban J connectivity index is 1.79. The Hall–Kier alpha value is -2.82. The number of hydrogen-bond donors (Lipinski definition) is 2. The average Bonchev–Trinajstić information content (AvgIpc) is 2.68. The predicted octanol–water partition coefficient (Wildman–Crippen LogP) is 2.99. The van der Waals surface area contributed by atoms with Gasteiger partial charge in [0.15, 0.2) is 0 Å². The van der Waals surface area contributed by atoms with Crippen molar-refractivity contribution in [2.24, 2.45) is 0 Å². The number of para-hydroxylation sites is 2. The maximum absolute atomic E-state index is 11.8. The van der Waals surface area contributed by atoms with Crippen LogP contribution in [-0.2, 0) is 16.1 Å². The standard InChI is InChI=1S/C18H19N3O2/c1-13(22)19-15-8-6-14(7-9-15)12-21-11-10-18(23)20-16-4-2-3-5-17(16)21/h2-9H,10-12H2,1H3,(H,19,22)(H,20,23). The molecule has 0 saturated heterocycles. The molecule has 0 fully saturated rings. The second-order valence-corrected chi connectivity index (χ2v) is 5.61. The van der Waals surface area contributed by atoms with E-state index in [1.807, 2.05) is 48.5 Å². The maximum Gasteiger partial charge on any atom is 0.226 e. The van der Waals surface area contributed by atoms with Crippen LogP contribution < -0.4 is 15.5 Å². The lowest BCUT2D eigenvalue weighted by Crippen LogP contribution is -2.24. The van der Waals surface area contributed by atoms with E-state index < -0.39 is 0 Å². The highest BCUT2D eigenvalue weighted by molar-refractivity contribution is 5.96. The number of carbonyl (C=O) groups is 2. The minimum absolute atomic E-state index is 0.0426. The van der Waals surface area contributed by atoms with Crippen molar-refractivity contribution < 1.29 is 9.59 Å². The molecule has 2 aromatic carbocycles. The molecule has 2 N–H and O–H groups in total. The summed E-state index contributed by atoms with van der Waals surface area (Å²) in [6.45, 7) is 2.88. The van der Waals surface area contributed by atoms with E-state index in [0.717, 1.165) is 22.6 Å². The number of hydrogen-bond acceptors (Lipinski definition) is 3. The lowest BCUT2D eigenvalue weighted by atomic mass is 10.1. The van der Waals surface area contributed by atoms with Crippen LogP contribution in [0, 0.1) is 0 Å². The Bertz CT molecular complexity index is 725. The number of nitrogens with one attached hydrogen (secondary N) is 2. The molecular weight excluding hydrogens is 290 g/mol. The average molecular weight is 309 g/mol. The molecule has 23 heavy (non-hydrogen) atoms. The first-order valence-corrected chi connectivity index (χ1v) is 7.62. The molecule has 1 heterocycles. The van der Waals surface area contributed by atoms with Gasteiger partial charge in [-0.25, -0.2) is 0 Å². The molecule has 1 aliphatic heterocycles. The van der Waals surface area contributed by atoms with Gasteiger partial charge in [-0.05, 0) is 29.8 Å². The molecule has 0 saturated carbocycles. The first-order chi connectivity index (χ1) is 11.1. The molecule has 0 spiro atoms. The van der Waals surface area contributed by atoms with Crippen LogP contribution in [0.2, 0.25) is 0 Å². The summed E-state index contributed by atoms with van der Waals surface area (Å²) >= 11 is 0. The lowest BCUT2D eigenvalue weighted by molar-refractivity contribution is -0.116. The topological polar surface area (TPSA) is 61.4 Å². The second kappa shape index (κ2) is 6.52. The number of fused-ring (bicyclic) bond motifs is 1. The lowest BCUT2D eigenvalue weighted by Gasteiger charge is -2.24. The highest BCUT2D eigenvalue weighted by atomic mass is 16.2. The number of carbonyl (C=O) groups excluding carboxylic acids is 2. The summed E-state index contributed by atoms with van der Waals surface area (Å²) in [5, 5.41) is 5.70. The van der Waals surface area contributed by atoms with Crippen molar-refractivity contribution in [2.45, 2.75) is 19.9 Å².